The van der Waals surface area contributed by atoms with Crippen LogP contribution in [0.1, 0.15) is 10.4 Å². The van der Waals surface area contributed by atoms with Crippen LogP contribution in [0.2, 0.25) is 0 Å². The summed E-state index contributed by atoms with van der Waals surface area (Å²) in [5.74, 6) is 0.713. The van der Waals surface area contributed by atoms with Gasteiger partial charge in [-0.1, -0.05) is 36.4 Å². The number of hydrogen-bond donors (Lipinski definition) is 2. The molecule has 26 heavy (non-hydrogen) atoms. The molecule has 0 spiro atoms. The lowest BCUT2D eigenvalue weighted by molar-refractivity contribution is 0.0977. The van der Waals surface area contributed by atoms with Crippen molar-refractivity contribution in [3.05, 3.63) is 66.2 Å². The molecule has 0 bridgehead atoms. The smallest absolute Gasteiger partial charge is 0.257 e. The summed E-state index contributed by atoms with van der Waals surface area (Å²) >= 11 is 5.29. The fraction of sp³-hybridized carbons (Fsp3) is 0.100. The highest BCUT2D eigenvalue weighted by Crippen LogP contribution is 2.24. The summed E-state index contributed by atoms with van der Waals surface area (Å²) in [6.07, 6.45) is 0. The molecule has 1 amide bonds. The second-order valence-corrected chi connectivity index (χ2v) is 5.94. The van der Waals surface area contributed by atoms with Crippen LogP contribution in [0.15, 0.2) is 60.7 Å². The van der Waals surface area contributed by atoms with Gasteiger partial charge in [-0.25, -0.2) is 0 Å². The third-order valence-electron chi connectivity index (χ3n) is 3.88. The highest BCUT2D eigenvalue weighted by Gasteiger charge is 2.12. The Balaban J connectivity index is 1.76. The zero-order chi connectivity index (χ0) is 18.5. The summed E-state index contributed by atoms with van der Waals surface area (Å²) < 4.78 is 10.4. The first kappa shape index (κ1) is 17.7. The van der Waals surface area contributed by atoms with Crippen LogP contribution in [-0.2, 0) is 0 Å². The van der Waals surface area contributed by atoms with Crippen LogP contribution >= 0.6 is 12.2 Å². The molecule has 0 aliphatic rings. The second kappa shape index (κ2) is 7.84. The Labute approximate surface area is 156 Å². The van der Waals surface area contributed by atoms with Crippen molar-refractivity contribution in [2.75, 3.05) is 19.5 Å². The topological polar surface area (TPSA) is 59.6 Å². The van der Waals surface area contributed by atoms with Crippen molar-refractivity contribution in [3.63, 3.8) is 0 Å². The molecule has 3 aromatic carbocycles. The van der Waals surface area contributed by atoms with Gasteiger partial charge in [-0.15, -0.1) is 0 Å². The van der Waals surface area contributed by atoms with Crippen LogP contribution in [0.4, 0.5) is 5.69 Å². The van der Waals surface area contributed by atoms with E-state index in [-0.39, 0.29) is 11.0 Å². The van der Waals surface area contributed by atoms with Gasteiger partial charge in [0.1, 0.15) is 11.5 Å². The Hall–Kier alpha value is -3.12. The Morgan fingerprint density at radius 3 is 2.27 bits per heavy atom. The molecule has 0 fully saturated rings. The minimum absolute atomic E-state index is 0.216. The number of ether oxygens (including phenoxy) is 2. The van der Waals surface area contributed by atoms with Crippen molar-refractivity contribution < 1.29 is 14.3 Å². The zero-order valence-electron chi connectivity index (χ0n) is 14.4. The number of benzene rings is 3. The number of carbonyl (C=O) groups is 1. The number of carbonyl (C=O) groups excluding carboxylic acids is 1. The standard InChI is InChI=1S/C20H18N2O3S/c1-24-15-10-14(11-16(12-15)25-2)19(23)22-20(26)21-18-9-5-7-13-6-3-4-8-17(13)18/h3-12H,1-2H3,(H2,21,22,23,26). The number of methoxy groups -OCH3 is 2. The van der Waals surface area contributed by atoms with Crippen LogP contribution in [0.25, 0.3) is 10.8 Å². The third kappa shape index (κ3) is 3.92. The Morgan fingerprint density at radius 1 is 0.923 bits per heavy atom. The Kier molecular flexibility index (Phi) is 5.34. The number of amides is 1. The Morgan fingerprint density at radius 2 is 1.58 bits per heavy atom. The highest BCUT2D eigenvalue weighted by molar-refractivity contribution is 7.80. The van der Waals surface area contributed by atoms with E-state index in [0.29, 0.717) is 17.1 Å². The van der Waals surface area contributed by atoms with E-state index in [1.807, 2.05) is 42.5 Å². The fourth-order valence-corrected chi connectivity index (χ4v) is 2.80. The predicted octanol–water partition coefficient (Wildman–Crippen LogP) is 3.98. The normalized spacial score (nSPS) is 10.2. The SMILES string of the molecule is COc1cc(OC)cc(C(=O)NC(=S)Nc2cccc3ccccc23)c1. The van der Waals surface area contributed by atoms with Crippen LogP contribution in [-0.4, -0.2) is 25.2 Å². The largest absolute Gasteiger partial charge is 0.497 e. The number of rotatable bonds is 4. The molecular weight excluding hydrogens is 348 g/mol. The van der Waals surface area contributed by atoms with E-state index >= 15 is 0 Å². The molecule has 3 aromatic rings. The van der Waals surface area contributed by atoms with Crippen LogP contribution in [0, 0.1) is 0 Å². The number of fused-ring (bicyclic) bond motifs is 1. The summed E-state index contributed by atoms with van der Waals surface area (Å²) in [6.45, 7) is 0. The average Bonchev–Trinajstić information content (AvgIpc) is 2.67. The molecule has 0 saturated heterocycles. The molecule has 0 aliphatic carbocycles. The van der Waals surface area contributed by atoms with E-state index in [9.17, 15) is 4.79 Å². The Bertz CT molecular complexity index is 945. The maximum atomic E-state index is 12.5. The van der Waals surface area contributed by atoms with E-state index in [1.165, 1.54) is 14.2 Å². The van der Waals surface area contributed by atoms with E-state index in [0.717, 1.165) is 16.5 Å². The molecular formula is C20H18N2O3S. The first-order valence-corrected chi connectivity index (χ1v) is 8.34. The van der Waals surface area contributed by atoms with Crippen molar-refractivity contribution in [2.24, 2.45) is 0 Å². The van der Waals surface area contributed by atoms with Gasteiger partial charge in [0.25, 0.3) is 5.91 Å². The van der Waals surface area contributed by atoms with Crippen molar-refractivity contribution in [3.8, 4) is 11.5 Å². The van der Waals surface area contributed by atoms with E-state index < -0.39 is 0 Å². The number of anilines is 1. The first-order chi connectivity index (χ1) is 12.6. The maximum absolute atomic E-state index is 12.5. The predicted molar refractivity (Wildman–Crippen MR) is 107 cm³/mol. The number of thiocarbonyl (C=S) groups is 1. The van der Waals surface area contributed by atoms with E-state index in [4.69, 9.17) is 21.7 Å². The monoisotopic (exact) mass is 366 g/mol. The van der Waals surface area contributed by atoms with Gasteiger partial charge in [0.05, 0.1) is 14.2 Å². The summed E-state index contributed by atoms with van der Waals surface area (Å²) in [6, 6.07) is 18.8. The number of hydrogen-bond acceptors (Lipinski definition) is 4. The molecule has 0 aliphatic heterocycles. The molecule has 0 aromatic heterocycles. The molecule has 0 unspecified atom stereocenters. The first-order valence-electron chi connectivity index (χ1n) is 7.94. The molecule has 2 N–H and O–H groups in total. The second-order valence-electron chi connectivity index (χ2n) is 5.54. The van der Waals surface area contributed by atoms with Crippen LogP contribution < -0.4 is 20.1 Å². The minimum atomic E-state index is -0.347. The summed E-state index contributed by atoms with van der Waals surface area (Å²) in [5, 5.41) is 8.09. The molecule has 5 nitrogen and oxygen atoms in total. The van der Waals surface area contributed by atoms with E-state index in [1.54, 1.807) is 18.2 Å². The maximum Gasteiger partial charge on any atom is 0.257 e. The molecule has 0 saturated carbocycles. The molecule has 3 rings (SSSR count). The van der Waals surface area contributed by atoms with Crippen molar-refractivity contribution in [1.29, 1.82) is 0 Å². The van der Waals surface area contributed by atoms with Crippen molar-refractivity contribution >= 4 is 39.7 Å². The molecule has 132 valence electrons. The summed E-state index contributed by atoms with van der Waals surface area (Å²) in [5.41, 5.74) is 1.22. The van der Waals surface area contributed by atoms with E-state index in [2.05, 4.69) is 10.6 Å². The van der Waals surface area contributed by atoms with Gasteiger partial charge in [-0.2, -0.15) is 0 Å². The van der Waals surface area contributed by atoms with Gasteiger partial charge in [-0.3, -0.25) is 10.1 Å². The van der Waals surface area contributed by atoms with Gasteiger partial charge in [0.2, 0.25) is 0 Å². The zero-order valence-corrected chi connectivity index (χ0v) is 15.2. The average molecular weight is 366 g/mol. The van der Waals surface area contributed by atoms with Gasteiger partial charge >= 0.3 is 0 Å². The highest BCUT2D eigenvalue weighted by atomic mass is 32.1. The van der Waals surface area contributed by atoms with Crippen molar-refractivity contribution in [1.82, 2.24) is 5.32 Å². The lowest BCUT2D eigenvalue weighted by atomic mass is 10.1. The van der Waals surface area contributed by atoms with Gasteiger partial charge < -0.3 is 14.8 Å². The molecule has 0 heterocycles. The minimum Gasteiger partial charge on any atom is -0.497 e. The van der Waals surface area contributed by atoms with Gasteiger partial charge in [0, 0.05) is 22.7 Å². The molecule has 0 radical (unpaired) electrons. The summed E-state index contributed by atoms with van der Waals surface area (Å²) in [4.78, 5) is 12.5. The van der Waals surface area contributed by atoms with Gasteiger partial charge in [0.15, 0.2) is 5.11 Å². The summed E-state index contributed by atoms with van der Waals surface area (Å²) in [7, 11) is 3.06. The lowest BCUT2D eigenvalue weighted by Crippen LogP contribution is -2.34. The molecule has 0 atom stereocenters. The van der Waals surface area contributed by atoms with Crippen LogP contribution in [0.5, 0.6) is 11.5 Å². The third-order valence-corrected chi connectivity index (χ3v) is 4.08. The molecule has 6 heteroatoms. The van der Waals surface area contributed by atoms with Crippen molar-refractivity contribution in [2.45, 2.75) is 0 Å². The quantitative estimate of drug-likeness (QED) is 0.684. The lowest BCUT2D eigenvalue weighted by Gasteiger charge is -2.13. The van der Waals surface area contributed by atoms with Crippen LogP contribution in [0.3, 0.4) is 0 Å². The van der Waals surface area contributed by atoms with Gasteiger partial charge in [-0.05, 0) is 35.8 Å². The number of nitrogens with one attached hydrogen (secondary N) is 2. The fourth-order valence-electron chi connectivity index (χ4n) is 2.60.